The summed E-state index contributed by atoms with van der Waals surface area (Å²) in [7, 11) is -0.973. The average molecular weight is 353 g/mol. The predicted octanol–water partition coefficient (Wildman–Crippen LogP) is 0.892. The summed E-state index contributed by atoms with van der Waals surface area (Å²) < 4.78 is 12.2. The van der Waals surface area contributed by atoms with Crippen LogP contribution < -0.4 is 16.7 Å². The van der Waals surface area contributed by atoms with Crippen molar-refractivity contribution >= 4 is 29.1 Å². The van der Waals surface area contributed by atoms with E-state index in [0.717, 1.165) is 31.6 Å². The van der Waals surface area contributed by atoms with E-state index in [1.54, 1.807) is 11.9 Å². The Morgan fingerprint density at radius 3 is 2.42 bits per heavy atom. The molecule has 1 aromatic rings. The van der Waals surface area contributed by atoms with Crippen molar-refractivity contribution in [3.8, 4) is 0 Å². The number of carbonyl (C=O) groups excluding carboxylic acids is 1. The molecule has 1 aliphatic heterocycles. The first-order valence-electron chi connectivity index (χ1n) is 7.81. The molecule has 7 nitrogen and oxygen atoms in total. The van der Waals surface area contributed by atoms with Gasteiger partial charge in [0.15, 0.2) is 0 Å². The van der Waals surface area contributed by atoms with Gasteiger partial charge in [0, 0.05) is 43.3 Å². The van der Waals surface area contributed by atoms with Gasteiger partial charge in [-0.25, -0.2) is 5.84 Å². The Labute approximate surface area is 146 Å². The fourth-order valence-electron chi connectivity index (χ4n) is 2.58. The summed E-state index contributed by atoms with van der Waals surface area (Å²) in [4.78, 5) is 13.1. The summed E-state index contributed by atoms with van der Waals surface area (Å²) in [5, 5.41) is 4.29. The largest absolute Gasteiger partial charge is 0.343 e. The molecule has 0 spiro atoms. The number of nitrogens with two attached hydrogens (primary N) is 2. The molecule has 1 saturated heterocycles. The number of carbonyl (C=O) groups is 1. The second kappa shape index (κ2) is 10.8. The number of para-hydroxylation sites is 1. The molecule has 0 radical (unpaired) electrons. The minimum absolute atomic E-state index is 0.131. The summed E-state index contributed by atoms with van der Waals surface area (Å²) in [5.74, 6) is 11.9. The number of nitrogens with zero attached hydrogens (tertiary/aromatic N) is 3. The van der Waals surface area contributed by atoms with E-state index < -0.39 is 10.8 Å². The maximum absolute atomic E-state index is 12.2. The van der Waals surface area contributed by atoms with Gasteiger partial charge in [0.05, 0.1) is 5.69 Å². The van der Waals surface area contributed by atoms with Crippen LogP contribution in [0.1, 0.15) is 19.8 Å². The summed E-state index contributed by atoms with van der Waals surface area (Å²) in [5.41, 5.74) is 0.872. The van der Waals surface area contributed by atoms with Crippen molar-refractivity contribution in [3.05, 3.63) is 30.3 Å². The van der Waals surface area contributed by atoms with Gasteiger partial charge in [-0.05, 0) is 30.9 Å². The smallest absolute Gasteiger partial charge is 0.219 e. The molecule has 0 saturated carbocycles. The van der Waals surface area contributed by atoms with Gasteiger partial charge in [-0.3, -0.25) is 14.0 Å². The maximum atomic E-state index is 12.2. The molecule has 0 aromatic heterocycles. The Hall–Kier alpha value is -1.93. The fraction of sp³-hybridized carbons (Fsp3) is 0.500. The van der Waals surface area contributed by atoms with Gasteiger partial charge in [0.2, 0.25) is 5.91 Å². The minimum Gasteiger partial charge on any atom is -0.343 e. The van der Waals surface area contributed by atoms with Crippen molar-refractivity contribution in [1.29, 1.82) is 0 Å². The lowest BCUT2D eigenvalue weighted by Crippen LogP contribution is -2.40. The van der Waals surface area contributed by atoms with Gasteiger partial charge >= 0.3 is 0 Å². The molecule has 1 heterocycles. The van der Waals surface area contributed by atoms with Crippen LogP contribution in [0, 0.1) is 5.92 Å². The fourth-order valence-corrected chi connectivity index (χ4v) is 4.00. The van der Waals surface area contributed by atoms with Gasteiger partial charge in [-0.15, -0.1) is 0 Å². The van der Waals surface area contributed by atoms with E-state index in [9.17, 15) is 9.00 Å². The molecule has 0 bridgehead atoms. The third-order valence-electron chi connectivity index (χ3n) is 3.85. The lowest BCUT2D eigenvalue weighted by Gasteiger charge is -2.31. The molecule has 134 valence electrons. The molecule has 1 aromatic carbocycles. The van der Waals surface area contributed by atoms with Crippen molar-refractivity contribution in [2.75, 3.05) is 29.7 Å². The number of benzene rings is 1. The molecule has 24 heavy (non-hydrogen) atoms. The van der Waals surface area contributed by atoms with Crippen molar-refractivity contribution < 1.29 is 9.00 Å². The van der Waals surface area contributed by atoms with Gasteiger partial charge in [0.25, 0.3) is 0 Å². The molecule has 2 rings (SSSR count). The Morgan fingerprint density at radius 1 is 1.38 bits per heavy atom. The molecular formula is C16H27N5O2S. The molecule has 1 fully saturated rings. The zero-order chi connectivity index (χ0) is 17.9. The first-order chi connectivity index (χ1) is 11.5. The number of hydrazine groups is 1. The number of piperidine rings is 1. The predicted molar refractivity (Wildman–Crippen MR) is 99.7 cm³/mol. The number of likely N-dealkylation sites (tertiary alicyclic amines) is 1. The molecule has 8 heteroatoms. The molecule has 1 atom stereocenters. The van der Waals surface area contributed by atoms with Gasteiger partial charge in [-0.2, -0.15) is 5.10 Å². The van der Waals surface area contributed by atoms with Crippen LogP contribution in [0.2, 0.25) is 0 Å². The van der Waals surface area contributed by atoms with Crippen LogP contribution in [0.25, 0.3) is 0 Å². The van der Waals surface area contributed by atoms with Crippen LogP contribution in [-0.4, -0.2) is 46.5 Å². The normalized spacial score (nSPS) is 15.8. The Morgan fingerprint density at radius 2 is 1.92 bits per heavy atom. The van der Waals surface area contributed by atoms with Crippen LogP contribution >= 0.6 is 0 Å². The van der Waals surface area contributed by atoms with Crippen molar-refractivity contribution in [1.82, 2.24) is 4.90 Å². The SMILES string of the molecule is C=NN.CC(=O)N1CCC(CS(=O)CN(N)c2ccccc2)CC1. The topological polar surface area (TPSA) is 105 Å². The Bertz CT molecular complexity index is 533. The minimum atomic E-state index is -0.973. The Balaban J connectivity index is 0.000000891. The van der Waals surface area contributed by atoms with E-state index in [2.05, 4.69) is 17.7 Å². The summed E-state index contributed by atoms with van der Waals surface area (Å²) in [6.45, 7) is 6.05. The number of amides is 1. The lowest BCUT2D eigenvalue weighted by atomic mass is 9.99. The van der Waals surface area contributed by atoms with Gasteiger partial charge < -0.3 is 10.7 Å². The zero-order valence-corrected chi connectivity index (χ0v) is 15.0. The van der Waals surface area contributed by atoms with Crippen molar-refractivity contribution in [2.45, 2.75) is 19.8 Å². The van der Waals surface area contributed by atoms with Crippen molar-refractivity contribution in [2.24, 2.45) is 22.7 Å². The molecular weight excluding hydrogens is 326 g/mol. The highest BCUT2D eigenvalue weighted by Crippen LogP contribution is 2.19. The third-order valence-corrected chi connectivity index (χ3v) is 5.26. The maximum Gasteiger partial charge on any atom is 0.219 e. The van der Waals surface area contributed by atoms with Crippen LogP contribution in [0.4, 0.5) is 5.69 Å². The van der Waals surface area contributed by atoms with E-state index in [0.29, 0.717) is 17.5 Å². The molecule has 1 aliphatic rings. The Kier molecular flexibility index (Phi) is 9.03. The highest BCUT2D eigenvalue weighted by Gasteiger charge is 2.22. The highest BCUT2D eigenvalue weighted by atomic mass is 32.2. The molecule has 0 aliphatic carbocycles. The second-order valence-electron chi connectivity index (χ2n) is 5.67. The lowest BCUT2D eigenvalue weighted by molar-refractivity contribution is -0.130. The standard InChI is InChI=1S/C15H23N3O2S.CH4N2/c1-13(19)17-9-7-14(8-10-17)11-21(20)12-18(16)15-5-3-2-4-6-15;1-3-2/h2-6,14H,7-12,16H2,1H3;1-2H2. The molecule has 1 amide bonds. The number of rotatable bonds is 5. The number of hydrazone groups is 1. The first kappa shape index (κ1) is 20.1. The van der Waals surface area contributed by atoms with Crippen molar-refractivity contribution in [3.63, 3.8) is 0 Å². The summed E-state index contributed by atoms with van der Waals surface area (Å²) in [6.07, 6.45) is 1.86. The number of anilines is 1. The highest BCUT2D eigenvalue weighted by molar-refractivity contribution is 7.85. The summed E-state index contributed by atoms with van der Waals surface area (Å²) >= 11 is 0. The van der Waals surface area contributed by atoms with E-state index >= 15 is 0 Å². The summed E-state index contributed by atoms with van der Waals surface area (Å²) in [6, 6.07) is 9.56. The van der Waals surface area contributed by atoms with Crippen LogP contribution in [0.3, 0.4) is 0 Å². The first-order valence-corrected chi connectivity index (χ1v) is 9.30. The van der Waals surface area contributed by atoms with E-state index in [1.165, 1.54) is 0 Å². The second-order valence-corrected chi connectivity index (χ2v) is 7.14. The third kappa shape index (κ3) is 7.10. The zero-order valence-electron chi connectivity index (χ0n) is 14.1. The van der Waals surface area contributed by atoms with E-state index in [-0.39, 0.29) is 5.91 Å². The van der Waals surface area contributed by atoms with Crippen LogP contribution in [-0.2, 0) is 15.6 Å². The molecule has 1 unspecified atom stereocenters. The van der Waals surface area contributed by atoms with Crippen LogP contribution in [0.15, 0.2) is 35.4 Å². The van der Waals surface area contributed by atoms with E-state index in [4.69, 9.17) is 5.84 Å². The van der Waals surface area contributed by atoms with Gasteiger partial charge in [0.1, 0.15) is 5.88 Å². The average Bonchev–Trinajstić information content (AvgIpc) is 2.56. The van der Waals surface area contributed by atoms with E-state index in [1.807, 2.05) is 35.2 Å². The number of hydrogen-bond acceptors (Lipinski definition) is 6. The quantitative estimate of drug-likeness (QED) is 0.465. The van der Waals surface area contributed by atoms with Crippen LogP contribution in [0.5, 0.6) is 0 Å². The monoisotopic (exact) mass is 353 g/mol. The molecule has 4 N–H and O–H groups in total. The van der Waals surface area contributed by atoms with Gasteiger partial charge in [-0.1, -0.05) is 18.2 Å². The number of hydrogen-bond donors (Lipinski definition) is 2.